The number of amides is 1. The number of hydrogen-bond acceptors (Lipinski definition) is 4. The molecule has 4 rings (SSSR count). The summed E-state index contributed by atoms with van der Waals surface area (Å²) in [7, 11) is 0. The van der Waals surface area contributed by atoms with E-state index in [4.69, 9.17) is 4.42 Å². The molecule has 0 radical (unpaired) electrons. The Hall–Kier alpha value is -2.17. The van der Waals surface area contributed by atoms with Crippen molar-refractivity contribution in [3.8, 4) is 0 Å². The van der Waals surface area contributed by atoms with Crippen LogP contribution in [-0.2, 0) is 0 Å². The summed E-state index contributed by atoms with van der Waals surface area (Å²) in [6.07, 6.45) is 9.20. The smallest absolute Gasteiger partial charge is 0.276 e. The lowest BCUT2D eigenvalue weighted by atomic mass is 10.1. The Morgan fingerprint density at radius 3 is 3.00 bits per heavy atom. The molecular formula is C16H17N3O2. The Labute approximate surface area is 123 Å². The Bertz CT molecular complexity index is 649. The van der Waals surface area contributed by atoms with Gasteiger partial charge in [-0.25, -0.2) is 4.98 Å². The van der Waals surface area contributed by atoms with E-state index in [1.165, 1.54) is 6.39 Å². The van der Waals surface area contributed by atoms with Gasteiger partial charge in [-0.05, 0) is 37.3 Å². The van der Waals surface area contributed by atoms with Gasteiger partial charge in [0.05, 0.1) is 6.04 Å². The van der Waals surface area contributed by atoms with Gasteiger partial charge in [0.2, 0.25) is 0 Å². The molecule has 0 bridgehead atoms. The van der Waals surface area contributed by atoms with Crippen molar-refractivity contribution >= 4 is 5.91 Å². The number of aromatic nitrogens is 2. The predicted molar refractivity (Wildman–Crippen MR) is 75.7 cm³/mol. The van der Waals surface area contributed by atoms with Crippen molar-refractivity contribution in [1.29, 1.82) is 0 Å². The fraction of sp³-hybridized carbons (Fsp3) is 0.438. The lowest BCUT2D eigenvalue weighted by molar-refractivity contribution is 0.0728. The van der Waals surface area contributed by atoms with Crippen LogP contribution in [0.25, 0.3) is 0 Å². The van der Waals surface area contributed by atoms with Gasteiger partial charge in [0, 0.05) is 24.9 Å². The molecule has 5 nitrogen and oxygen atoms in total. The van der Waals surface area contributed by atoms with E-state index in [1.54, 1.807) is 6.20 Å². The molecule has 1 saturated carbocycles. The van der Waals surface area contributed by atoms with Gasteiger partial charge in [-0.3, -0.25) is 9.78 Å². The largest absolute Gasteiger partial charge is 0.447 e. The van der Waals surface area contributed by atoms with E-state index in [0.717, 1.165) is 43.6 Å². The lowest BCUT2D eigenvalue weighted by Gasteiger charge is -2.24. The maximum Gasteiger partial charge on any atom is 0.276 e. The standard InChI is InChI=1S/C16H17N3O2/c20-16(14-15(11-5-6-11)21-10-18-14)19-8-2-4-13(19)12-3-1-7-17-9-12/h1,3,7,9-11,13H,2,4-6,8H2. The molecular weight excluding hydrogens is 266 g/mol. The fourth-order valence-corrected chi connectivity index (χ4v) is 3.12. The zero-order valence-corrected chi connectivity index (χ0v) is 11.7. The maximum atomic E-state index is 12.8. The van der Waals surface area contributed by atoms with Crippen molar-refractivity contribution in [2.75, 3.05) is 6.54 Å². The molecule has 0 N–H and O–H groups in total. The van der Waals surface area contributed by atoms with Crippen LogP contribution >= 0.6 is 0 Å². The van der Waals surface area contributed by atoms with E-state index in [-0.39, 0.29) is 11.9 Å². The Morgan fingerprint density at radius 1 is 1.33 bits per heavy atom. The van der Waals surface area contributed by atoms with Crippen molar-refractivity contribution < 1.29 is 9.21 Å². The third kappa shape index (κ3) is 2.22. The van der Waals surface area contributed by atoms with Crippen LogP contribution in [0.2, 0.25) is 0 Å². The summed E-state index contributed by atoms with van der Waals surface area (Å²) in [5.41, 5.74) is 1.60. The van der Waals surface area contributed by atoms with Gasteiger partial charge in [0.15, 0.2) is 12.1 Å². The molecule has 108 valence electrons. The van der Waals surface area contributed by atoms with Crippen LogP contribution in [0.4, 0.5) is 0 Å². The quantitative estimate of drug-likeness (QED) is 0.869. The normalized spacial score (nSPS) is 21.7. The van der Waals surface area contributed by atoms with Gasteiger partial charge >= 0.3 is 0 Å². The third-order valence-corrected chi connectivity index (χ3v) is 4.33. The molecule has 2 aromatic rings. The maximum absolute atomic E-state index is 12.8. The molecule has 1 unspecified atom stereocenters. The molecule has 21 heavy (non-hydrogen) atoms. The van der Waals surface area contributed by atoms with Crippen LogP contribution in [0.15, 0.2) is 35.3 Å². The molecule has 2 aromatic heterocycles. The first-order valence-electron chi connectivity index (χ1n) is 7.49. The molecule has 0 spiro atoms. The highest BCUT2D eigenvalue weighted by atomic mass is 16.3. The van der Waals surface area contributed by atoms with E-state index in [1.807, 2.05) is 23.2 Å². The topological polar surface area (TPSA) is 59.2 Å². The summed E-state index contributed by atoms with van der Waals surface area (Å²) in [6, 6.07) is 4.06. The van der Waals surface area contributed by atoms with Crippen LogP contribution in [0.5, 0.6) is 0 Å². The second kappa shape index (κ2) is 4.98. The highest BCUT2D eigenvalue weighted by Gasteiger charge is 2.37. The van der Waals surface area contributed by atoms with Crippen LogP contribution in [0, 0.1) is 0 Å². The number of likely N-dealkylation sites (tertiary alicyclic amines) is 1. The summed E-state index contributed by atoms with van der Waals surface area (Å²) in [4.78, 5) is 23.1. The third-order valence-electron chi connectivity index (χ3n) is 4.33. The molecule has 2 aliphatic rings. The molecule has 1 saturated heterocycles. The van der Waals surface area contributed by atoms with E-state index in [2.05, 4.69) is 9.97 Å². The van der Waals surface area contributed by atoms with Gasteiger partial charge in [0.1, 0.15) is 5.76 Å². The Balaban J connectivity index is 1.62. The number of pyridine rings is 1. The van der Waals surface area contributed by atoms with E-state index in [0.29, 0.717) is 11.6 Å². The van der Waals surface area contributed by atoms with Crippen molar-refractivity contribution in [1.82, 2.24) is 14.9 Å². The SMILES string of the molecule is O=C(c1ncoc1C1CC1)N1CCCC1c1cccnc1. The first kappa shape index (κ1) is 12.6. The average Bonchev–Trinajstić information content (AvgIpc) is 3.06. The van der Waals surface area contributed by atoms with E-state index >= 15 is 0 Å². The second-order valence-electron chi connectivity index (χ2n) is 5.78. The van der Waals surface area contributed by atoms with Crippen molar-refractivity contribution in [3.63, 3.8) is 0 Å². The highest BCUT2D eigenvalue weighted by molar-refractivity contribution is 5.94. The number of oxazole rings is 1. The number of rotatable bonds is 3. The first-order chi connectivity index (χ1) is 10.3. The summed E-state index contributed by atoms with van der Waals surface area (Å²) < 4.78 is 5.44. The molecule has 1 aliphatic carbocycles. The zero-order chi connectivity index (χ0) is 14.2. The van der Waals surface area contributed by atoms with Gasteiger partial charge < -0.3 is 9.32 Å². The lowest BCUT2D eigenvalue weighted by Crippen LogP contribution is -2.31. The Morgan fingerprint density at radius 2 is 2.24 bits per heavy atom. The van der Waals surface area contributed by atoms with Gasteiger partial charge in [0.25, 0.3) is 5.91 Å². The second-order valence-corrected chi connectivity index (χ2v) is 5.78. The summed E-state index contributed by atoms with van der Waals surface area (Å²) in [5, 5.41) is 0. The molecule has 3 heterocycles. The fourth-order valence-electron chi connectivity index (χ4n) is 3.12. The zero-order valence-electron chi connectivity index (χ0n) is 11.7. The monoisotopic (exact) mass is 283 g/mol. The van der Waals surface area contributed by atoms with Crippen LogP contribution in [0.3, 0.4) is 0 Å². The number of carbonyl (C=O) groups is 1. The van der Waals surface area contributed by atoms with Crippen LogP contribution in [0.1, 0.15) is 59.5 Å². The Kier molecular flexibility index (Phi) is 2.98. The van der Waals surface area contributed by atoms with Crippen molar-refractivity contribution in [2.24, 2.45) is 0 Å². The highest BCUT2D eigenvalue weighted by Crippen LogP contribution is 2.42. The average molecular weight is 283 g/mol. The minimum absolute atomic E-state index is 0.00277. The van der Waals surface area contributed by atoms with Crippen molar-refractivity contribution in [3.05, 3.63) is 47.9 Å². The number of nitrogens with zero attached hydrogens (tertiary/aromatic N) is 3. The van der Waals surface area contributed by atoms with Crippen LogP contribution in [-0.4, -0.2) is 27.3 Å². The molecule has 0 aromatic carbocycles. The molecule has 1 amide bonds. The summed E-state index contributed by atoms with van der Waals surface area (Å²) >= 11 is 0. The van der Waals surface area contributed by atoms with Gasteiger partial charge in [-0.2, -0.15) is 0 Å². The van der Waals surface area contributed by atoms with Gasteiger partial charge in [-0.15, -0.1) is 0 Å². The number of hydrogen-bond donors (Lipinski definition) is 0. The van der Waals surface area contributed by atoms with E-state index in [9.17, 15) is 4.79 Å². The minimum atomic E-state index is -0.00277. The van der Waals surface area contributed by atoms with Gasteiger partial charge in [-0.1, -0.05) is 6.07 Å². The molecule has 5 heteroatoms. The van der Waals surface area contributed by atoms with Crippen molar-refractivity contribution in [2.45, 2.75) is 37.6 Å². The molecule has 2 fully saturated rings. The van der Waals surface area contributed by atoms with Crippen LogP contribution < -0.4 is 0 Å². The summed E-state index contributed by atoms with van der Waals surface area (Å²) in [6.45, 7) is 0.773. The minimum Gasteiger partial charge on any atom is -0.447 e. The predicted octanol–water partition coefficient (Wildman–Crippen LogP) is 2.92. The molecule has 1 atom stereocenters. The van der Waals surface area contributed by atoms with E-state index < -0.39 is 0 Å². The number of carbonyl (C=O) groups excluding carboxylic acids is 1. The summed E-state index contributed by atoms with van der Waals surface area (Å²) in [5.74, 6) is 1.17. The molecule has 1 aliphatic heterocycles. The first-order valence-corrected chi connectivity index (χ1v) is 7.49.